The van der Waals surface area contributed by atoms with Crippen LogP contribution in [0.2, 0.25) is 0 Å². The second-order valence-electron chi connectivity index (χ2n) is 3.73. The van der Waals surface area contributed by atoms with E-state index in [9.17, 15) is 4.79 Å². The topological polar surface area (TPSA) is 47.6 Å². The number of ether oxygens (including phenoxy) is 2. The first-order valence-corrected chi connectivity index (χ1v) is 5.10. The normalized spacial score (nSPS) is 18.7. The molecule has 1 amide bonds. The highest BCUT2D eigenvalue weighted by atomic mass is 16.5. The van der Waals surface area contributed by atoms with Crippen molar-refractivity contribution in [2.75, 3.05) is 33.5 Å². The average Bonchev–Trinajstić information content (AvgIpc) is 2.12. The highest BCUT2D eigenvalue weighted by Crippen LogP contribution is 2.31. The summed E-state index contributed by atoms with van der Waals surface area (Å²) in [5, 5.41) is 2.91. The maximum atomic E-state index is 11.7. The number of rotatable bonds is 6. The van der Waals surface area contributed by atoms with Crippen LogP contribution in [0.1, 0.15) is 19.8 Å². The molecule has 0 unspecified atom stereocenters. The maximum Gasteiger partial charge on any atom is 0.230 e. The van der Waals surface area contributed by atoms with Crippen molar-refractivity contribution in [1.29, 1.82) is 0 Å². The van der Waals surface area contributed by atoms with Gasteiger partial charge in [0.2, 0.25) is 5.91 Å². The SMILES string of the molecule is CCC1(C(=O)NCCCOC)COC1. The van der Waals surface area contributed by atoms with E-state index in [2.05, 4.69) is 5.32 Å². The minimum Gasteiger partial charge on any atom is -0.385 e. The van der Waals surface area contributed by atoms with Gasteiger partial charge in [0.15, 0.2) is 0 Å². The highest BCUT2D eigenvalue weighted by molar-refractivity contribution is 5.83. The van der Waals surface area contributed by atoms with Crippen molar-refractivity contribution in [3.8, 4) is 0 Å². The molecule has 1 N–H and O–H groups in total. The zero-order valence-corrected chi connectivity index (χ0v) is 8.97. The quantitative estimate of drug-likeness (QED) is 0.639. The molecule has 14 heavy (non-hydrogen) atoms. The summed E-state index contributed by atoms with van der Waals surface area (Å²) in [6, 6.07) is 0. The van der Waals surface area contributed by atoms with Crippen LogP contribution in [0, 0.1) is 5.41 Å². The van der Waals surface area contributed by atoms with Gasteiger partial charge in [-0.15, -0.1) is 0 Å². The first-order chi connectivity index (χ1) is 6.75. The van der Waals surface area contributed by atoms with E-state index < -0.39 is 0 Å². The molecule has 4 nitrogen and oxygen atoms in total. The maximum absolute atomic E-state index is 11.7. The summed E-state index contributed by atoms with van der Waals surface area (Å²) >= 11 is 0. The second-order valence-corrected chi connectivity index (χ2v) is 3.73. The fourth-order valence-electron chi connectivity index (χ4n) is 1.45. The number of carbonyl (C=O) groups excluding carboxylic acids is 1. The van der Waals surface area contributed by atoms with Gasteiger partial charge >= 0.3 is 0 Å². The lowest BCUT2D eigenvalue weighted by molar-refractivity contribution is -0.162. The van der Waals surface area contributed by atoms with Gasteiger partial charge in [0.1, 0.15) is 0 Å². The molecule has 0 aliphatic carbocycles. The number of hydrogen-bond donors (Lipinski definition) is 1. The van der Waals surface area contributed by atoms with Gasteiger partial charge in [-0.1, -0.05) is 6.92 Å². The Kier molecular flexibility index (Phi) is 4.35. The molecule has 0 radical (unpaired) electrons. The number of methoxy groups -OCH3 is 1. The third-order valence-electron chi connectivity index (χ3n) is 2.73. The van der Waals surface area contributed by atoms with E-state index in [1.807, 2.05) is 6.92 Å². The van der Waals surface area contributed by atoms with Crippen LogP contribution in [-0.2, 0) is 14.3 Å². The molecule has 82 valence electrons. The summed E-state index contributed by atoms with van der Waals surface area (Å²) in [5.74, 6) is 0.127. The molecule has 1 rings (SSSR count). The fraction of sp³-hybridized carbons (Fsp3) is 0.900. The van der Waals surface area contributed by atoms with Crippen LogP contribution in [0.3, 0.4) is 0 Å². The predicted molar refractivity (Wildman–Crippen MR) is 53.0 cm³/mol. The minimum atomic E-state index is -0.243. The Morgan fingerprint density at radius 1 is 1.57 bits per heavy atom. The Bertz CT molecular complexity index is 184. The van der Waals surface area contributed by atoms with Crippen LogP contribution in [-0.4, -0.2) is 39.4 Å². The molecule has 0 saturated carbocycles. The third kappa shape index (κ3) is 2.45. The Morgan fingerprint density at radius 2 is 2.29 bits per heavy atom. The summed E-state index contributed by atoms with van der Waals surface area (Å²) in [6.07, 6.45) is 1.71. The second kappa shape index (κ2) is 5.32. The third-order valence-corrected chi connectivity index (χ3v) is 2.73. The van der Waals surface area contributed by atoms with Crippen molar-refractivity contribution in [1.82, 2.24) is 5.32 Å². The van der Waals surface area contributed by atoms with Gasteiger partial charge in [0.25, 0.3) is 0 Å². The predicted octanol–water partition coefficient (Wildman–Crippen LogP) is 0.566. The van der Waals surface area contributed by atoms with E-state index in [-0.39, 0.29) is 11.3 Å². The zero-order chi connectivity index (χ0) is 10.4. The zero-order valence-electron chi connectivity index (χ0n) is 8.97. The van der Waals surface area contributed by atoms with E-state index in [1.165, 1.54) is 0 Å². The number of nitrogens with one attached hydrogen (secondary N) is 1. The molecule has 0 bridgehead atoms. The fourth-order valence-corrected chi connectivity index (χ4v) is 1.45. The first-order valence-electron chi connectivity index (χ1n) is 5.10. The molecule has 1 aliphatic heterocycles. The highest BCUT2D eigenvalue weighted by Gasteiger charge is 2.43. The molecule has 0 aromatic heterocycles. The van der Waals surface area contributed by atoms with Gasteiger partial charge in [0, 0.05) is 20.3 Å². The molecule has 1 fully saturated rings. The summed E-state index contributed by atoms with van der Waals surface area (Å²) in [4.78, 5) is 11.7. The monoisotopic (exact) mass is 201 g/mol. The molecular weight excluding hydrogens is 182 g/mol. The lowest BCUT2D eigenvalue weighted by Gasteiger charge is -2.39. The van der Waals surface area contributed by atoms with Crippen molar-refractivity contribution >= 4 is 5.91 Å². The Hall–Kier alpha value is -0.610. The summed E-state index contributed by atoms with van der Waals surface area (Å²) in [6.45, 7) is 4.54. The van der Waals surface area contributed by atoms with E-state index in [0.29, 0.717) is 26.4 Å². The Balaban J connectivity index is 2.20. The van der Waals surface area contributed by atoms with Crippen LogP contribution < -0.4 is 5.32 Å². The number of amides is 1. The van der Waals surface area contributed by atoms with Crippen molar-refractivity contribution in [3.63, 3.8) is 0 Å². The number of carbonyl (C=O) groups is 1. The molecule has 1 saturated heterocycles. The molecular formula is C10H19NO3. The molecule has 0 atom stereocenters. The van der Waals surface area contributed by atoms with Gasteiger partial charge in [-0.05, 0) is 12.8 Å². The smallest absolute Gasteiger partial charge is 0.230 e. The Morgan fingerprint density at radius 3 is 2.71 bits per heavy atom. The van der Waals surface area contributed by atoms with Crippen LogP contribution in [0.5, 0.6) is 0 Å². The van der Waals surface area contributed by atoms with Crippen molar-refractivity contribution in [2.45, 2.75) is 19.8 Å². The average molecular weight is 201 g/mol. The van der Waals surface area contributed by atoms with Crippen LogP contribution >= 0.6 is 0 Å². The number of hydrogen-bond acceptors (Lipinski definition) is 3. The summed E-state index contributed by atoms with van der Waals surface area (Å²) in [7, 11) is 1.66. The Labute approximate surface area is 85.0 Å². The first kappa shape index (κ1) is 11.5. The van der Waals surface area contributed by atoms with E-state index in [0.717, 1.165) is 12.8 Å². The van der Waals surface area contributed by atoms with Gasteiger partial charge in [-0.3, -0.25) is 4.79 Å². The van der Waals surface area contributed by atoms with Crippen LogP contribution in [0.4, 0.5) is 0 Å². The van der Waals surface area contributed by atoms with Gasteiger partial charge < -0.3 is 14.8 Å². The van der Waals surface area contributed by atoms with Crippen molar-refractivity contribution in [3.05, 3.63) is 0 Å². The molecule has 4 heteroatoms. The van der Waals surface area contributed by atoms with E-state index >= 15 is 0 Å². The lowest BCUT2D eigenvalue weighted by Crippen LogP contribution is -2.53. The molecule has 0 aromatic carbocycles. The van der Waals surface area contributed by atoms with E-state index in [1.54, 1.807) is 7.11 Å². The summed E-state index contributed by atoms with van der Waals surface area (Å²) in [5.41, 5.74) is -0.243. The van der Waals surface area contributed by atoms with Crippen molar-refractivity contribution < 1.29 is 14.3 Å². The standard InChI is InChI=1S/C10H19NO3/c1-3-10(7-14-8-10)9(12)11-5-4-6-13-2/h3-8H2,1-2H3,(H,11,12). The largest absolute Gasteiger partial charge is 0.385 e. The van der Waals surface area contributed by atoms with Gasteiger partial charge in [-0.25, -0.2) is 0 Å². The molecule has 1 aliphatic rings. The molecule has 0 spiro atoms. The molecule has 0 aromatic rings. The molecule has 1 heterocycles. The van der Waals surface area contributed by atoms with Crippen LogP contribution in [0.25, 0.3) is 0 Å². The van der Waals surface area contributed by atoms with Gasteiger partial charge in [-0.2, -0.15) is 0 Å². The van der Waals surface area contributed by atoms with Gasteiger partial charge in [0.05, 0.1) is 18.6 Å². The van der Waals surface area contributed by atoms with Crippen LogP contribution in [0.15, 0.2) is 0 Å². The van der Waals surface area contributed by atoms with E-state index in [4.69, 9.17) is 9.47 Å². The summed E-state index contributed by atoms with van der Waals surface area (Å²) < 4.78 is 9.99. The lowest BCUT2D eigenvalue weighted by atomic mass is 9.82. The minimum absolute atomic E-state index is 0.127. The van der Waals surface area contributed by atoms with Crippen molar-refractivity contribution in [2.24, 2.45) is 5.41 Å².